The summed E-state index contributed by atoms with van der Waals surface area (Å²) in [6.07, 6.45) is 1.13. The van der Waals surface area contributed by atoms with E-state index in [1.165, 1.54) is 0 Å². The molecule has 0 saturated carbocycles. The van der Waals surface area contributed by atoms with Crippen LogP contribution in [0, 0.1) is 11.2 Å². The van der Waals surface area contributed by atoms with Gasteiger partial charge in [-0.2, -0.15) is 0 Å². The molecule has 118 valence electrons. The summed E-state index contributed by atoms with van der Waals surface area (Å²) in [5.41, 5.74) is 1.40. The van der Waals surface area contributed by atoms with Gasteiger partial charge in [0, 0.05) is 36.2 Å². The van der Waals surface area contributed by atoms with E-state index in [1.807, 2.05) is 6.07 Å². The maximum Gasteiger partial charge on any atom is 0.124 e. The van der Waals surface area contributed by atoms with Gasteiger partial charge in [0.25, 0.3) is 0 Å². The predicted octanol–water partition coefficient (Wildman–Crippen LogP) is 4.19. The van der Waals surface area contributed by atoms with Crippen molar-refractivity contribution in [3.8, 4) is 0 Å². The fourth-order valence-corrected chi connectivity index (χ4v) is 3.38. The first kappa shape index (κ1) is 16.9. The molecule has 0 radical (unpaired) electrons. The van der Waals surface area contributed by atoms with Crippen LogP contribution in [-0.4, -0.2) is 30.1 Å². The van der Waals surface area contributed by atoms with Crippen LogP contribution in [0.15, 0.2) is 22.7 Å². The van der Waals surface area contributed by atoms with Crippen molar-refractivity contribution in [2.45, 2.75) is 52.7 Å². The molecular weight excluding hydrogens is 331 g/mol. The highest BCUT2D eigenvalue weighted by atomic mass is 79.9. The molecule has 1 aliphatic rings. The van der Waals surface area contributed by atoms with E-state index in [-0.39, 0.29) is 11.2 Å². The van der Waals surface area contributed by atoms with Crippen LogP contribution >= 0.6 is 15.9 Å². The van der Waals surface area contributed by atoms with Crippen LogP contribution < -0.4 is 5.32 Å². The maximum absolute atomic E-state index is 13.2. The fourth-order valence-electron chi connectivity index (χ4n) is 2.90. The first-order chi connectivity index (χ1) is 9.81. The molecule has 2 rings (SSSR count). The van der Waals surface area contributed by atoms with E-state index in [4.69, 9.17) is 0 Å². The average Bonchev–Trinajstić information content (AvgIpc) is 2.41. The number of nitrogens with zero attached hydrogens (tertiary/aromatic N) is 1. The van der Waals surface area contributed by atoms with E-state index in [9.17, 15) is 4.39 Å². The Labute approximate surface area is 136 Å². The lowest BCUT2D eigenvalue weighted by Gasteiger charge is -2.45. The third kappa shape index (κ3) is 4.27. The topological polar surface area (TPSA) is 15.3 Å². The van der Waals surface area contributed by atoms with E-state index in [0.29, 0.717) is 12.1 Å². The molecule has 1 aromatic rings. The zero-order chi connectivity index (χ0) is 15.6. The summed E-state index contributed by atoms with van der Waals surface area (Å²) >= 11 is 3.49. The fraction of sp³-hybridized carbons (Fsp3) is 0.647. The SMILES string of the molecule is CCC1CNC(C(C)(C)C)CN1Cc1ccc(F)cc1Br. The standard InChI is InChI=1S/C17H26BrFN2/c1-5-14-9-20-16(17(2,3)4)11-21(14)10-12-6-7-13(19)8-15(12)18/h6-8,14,16,20H,5,9-11H2,1-4H3. The largest absolute Gasteiger partial charge is 0.311 e. The Balaban J connectivity index is 2.14. The second kappa shape index (κ2) is 6.76. The molecule has 0 aliphatic carbocycles. The quantitative estimate of drug-likeness (QED) is 0.873. The van der Waals surface area contributed by atoms with Crippen molar-refractivity contribution in [3.05, 3.63) is 34.1 Å². The van der Waals surface area contributed by atoms with Crippen molar-refractivity contribution >= 4 is 15.9 Å². The van der Waals surface area contributed by atoms with Crippen LogP contribution in [0.2, 0.25) is 0 Å². The van der Waals surface area contributed by atoms with Crippen LogP contribution in [0.3, 0.4) is 0 Å². The van der Waals surface area contributed by atoms with Gasteiger partial charge in [0.1, 0.15) is 5.82 Å². The van der Waals surface area contributed by atoms with Crippen LogP contribution in [0.1, 0.15) is 39.7 Å². The summed E-state index contributed by atoms with van der Waals surface area (Å²) in [6.45, 7) is 12.0. The molecular formula is C17H26BrFN2. The lowest BCUT2D eigenvalue weighted by Crippen LogP contribution is -2.59. The van der Waals surface area contributed by atoms with E-state index in [2.05, 4.69) is 53.8 Å². The number of halogens is 2. The minimum absolute atomic E-state index is 0.189. The number of hydrogen-bond donors (Lipinski definition) is 1. The van der Waals surface area contributed by atoms with Gasteiger partial charge in [-0.1, -0.05) is 49.7 Å². The number of benzene rings is 1. The Hall–Kier alpha value is -0.450. The van der Waals surface area contributed by atoms with Crippen LogP contribution in [0.4, 0.5) is 4.39 Å². The Morgan fingerprint density at radius 1 is 1.38 bits per heavy atom. The van der Waals surface area contributed by atoms with Crippen molar-refractivity contribution in [2.75, 3.05) is 13.1 Å². The Bertz CT molecular complexity index is 484. The van der Waals surface area contributed by atoms with Crippen molar-refractivity contribution in [3.63, 3.8) is 0 Å². The highest BCUT2D eigenvalue weighted by Crippen LogP contribution is 2.27. The van der Waals surface area contributed by atoms with Gasteiger partial charge in [0.15, 0.2) is 0 Å². The van der Waals surface area contributed by atoms with Crippen LogP contribution in [0.25, 0.3) is 0 Å². The van der Waals surface area contributed by atoms with Crippen LogP contribution in [0.5, 0.6) is 0 Å². The molecule has 1 aliphatic heterocycles. The number of rotatable bonds is 3. The number of piperazine rings is 1. The van der Waals surface area contributed by atoms with Crippen LogP contribution in [-0.2, 0) is 6.54 Å². The predicted molar refractivity (Wildman–Crippen MR) is 89.8 cm³/mol. The lowest BCUT2D eigenvalue weighted by molar-refractivity contribution is 0.0773. The smallest absolute Gasteiger partial charge is 0.124 e. The van der Waals surface area contributed by atoms with Gasteiger partial charge in [-0.05, 0) is 29.5 Å². The van der Waals surface area contributed by atoms with E-state index < -0.39 is 0 Å². The summed E-state index contributed by atoms with van der Waals surface area (Å²) in [4.78, 5) is 2.53. The molecule has 0 spiro atoms. The van der Waals surface area contributed by atoms with Crippen molar-refractivity contribution < 1.29 is 4.39 Å². The first-order valence-electron chi connectivity index (χ1n) is 7.72. The van der Waals surface area contributed by atoms with Gasteiger partial charge in [-0.15, -0.1) is 0 Å². The van der Waals surface area contributed by atoms with Crippen molar-refractivity contribution in [1.29, 1.82) is 0 Å². The van der Waals surface area contributed by atoms with Gasteiger partial charge >= 0.3 is 0 Å². The van der Waals surface area contributed by atoms with Crippen molar-refractivity contribution in [1.82, 2.24) is 10.2 Å². The third-order valence-electron chi connectivity index (χ3n) is 4.44. The molecule has 21 heavy (non-hydrogen) atoms. The first-order valence-corrected chi connectivity index (χ1v) is 8.52. The summed E-state index contributed by atoms with van der Waals surface area (Å²) in [5, 5.41) is 3.69. The van der Waals surface area contributed by atoms with E-state index >= 15 is 0 Å². The summed E-state index contributed by atoms with van der Waals surface area (Å²) in [5.74, 6) is -0.189. The van der Waals surface area contributed by atoms with Gasteiger partial charge in [-0.25, -0.2) is 4.39 Å². The lowest BCUT2D eigenvalue weighted by atomic mass is 9.84. The van der Waals surface area contributed by atoms with Gasteiger partial charge in [0.05, 0.1) is 0 Å². The molecule has 0 aromatic heterocycles. The average molecular weight is 357 g/mol. The minimum atomic E-state index is -0.189. The molecule has 2 unspecified atom stereocenters. The molecule has 1 heterocycles. The number of hydrogen-bond acceptors (Lipinski definition) is 2. The molecule has 4 heteroatoms. The molecule has 1 N–H and O–H groups in total. The zero-order valence-electron chi connectivity index (χ0n) is 13.4. The summed E-state index contributed by atoms with van der Waals surface area (Å²) in [7, 11) is 0. The number of nitrogens with one attached hydrogen (secondary N) is 1. The van der Waals surface area contributed by atoms with Gasteiger partial charge in [-0.3, -0.25) is 4.90 Å². The third-order valence-corrected chi connectivity index (χ3v) is 5.18. The van der Waals surface area contributed by atoms with E-state index in [1.54, 1.807) is 12.1 Å². The molecule has 2 nitrogen and oxygen atoms in total. The second-order valence-electron chi connectivity index (χ2n) is 7.05. The second-order valence-corrected chi connectivity index (χ2v) is 7.91. The monoisotopic (exact) mass is 356 g/mol. The molecule has 2 atom stereocenters. The summed E-state index contributed by atoms with van der Waals surface area (Å²) in [6, 6.07) is 6.02. The Kier molecular flexibility index (Phi) is 5.44. The highest BCUT2D eigenvalue weighted by molar-refractivity contribution is 9.10. The molecule has 0 bridgehead atoms. The normalized spacial score (nSPS) is 24.3. The molecule has 1 saturated heterocycles. The minimum Gasteiger partial charge on any atom is -0.311 e. The van der Waals surface area contributed by atoms with E-state index in [0.717, 1.165) is 36.1 Å². The summed E-state index contributed by atoms with van der Waals surface area (Å²) < 4.78 is 14.1. The maximum atomic E-state index is 13.2. The molecule has 1 aromatic carbocycles. The zero-order valence-corrected chi connectivity index (χ0v) is 15.0. The molecule has 1 fully saturated rings. The van der Waals surface area contributed by atoms with Gasteiger partial charge < -0.3 is 5.32 Å². The molecule has 0 amide bonds. The Morgan fingerprint density at radius 2 is 2.10 bits per heavy atom. The van der Waals surface area contributed by atoms with Gasteiger partial charge in [0.2, 0.25) is 0 Å². The Morgan fingerprint density at radius 3 is 2.67 bits per heavy atom. The van der Waals surface area contributed by atoms with Crippen molar-refractivity contribution in [2.24, 2.45) is 5.41 Å². The highest BCUT2D eigenvalue weighted by Gasteiger charge is 2.33.